The zero-order chi connectivity index (χ0) is 59.9. The molecule has 0 spiro atoms. The van der Waals surface area contributed by atoms with Crippen molar-refractivity contribution in [1.82, 2.24) is 0 Å². The number of benzene rings is 10. The molecule has 16 rings (SSSR count). The van der Waals surface area contributed by atoms with E-state index in [0.29, 0.717) is 11.8 Å². The van der Waals surface area contributed by atoms with Gasteiger partial charge in [-0.15, -0.1) is 0 Å². The lowest BCUT2D eigenvalue weighted by atomic mass is 9.35. The minimum Gasteiger partial charge on any atom is -0.468 e. The average Bonchev–Trinajstić information content (AvgIpc) is 1.27. The van der Waals surface area contributed by atoms with Gasteiger partial charge in [0.05, 0.1) is 22.7 Å². The molecule has 430 valence electrons. The number of rotatable bonds is 11. The number of fused-ring (bicyclic) bond motifs is 12. The van der Waals surface area contributed by atoms with Crippen LogP contribution < -0.4 is 52.8 Å². The Morgan fingerprint density at radius 1 is 0.409 bits per heavy atom. The van der Waals surface area contributed by atoms with Crippen LogP contribution in [0.25, 0.3) is 21.9 Å². The van der Waals surface area contributed by atoms with Crippen molar-refractivity contribution in [3.8, 4) is 0 Å². The largest absolute Gasteiger partial charge is 0.468 e. The van der Waals surface area contributed by atoms with Gasteiger partial charge in [0.25, 0.3) is 13.4 Å². The lowest BCUT2D eigenvalue weighted by Gasteiger charge is -2.42. The van der Waals surface area contributed by atoms with Crippen LogP contribution in [0.5, 0.6) is 0 Å². The van der Waals surface area contributed by atoms with E-state index < -0.39 is 0 Å². The van der Waals surface area contributed by atoms with Gasteiger partial charge >= 0.3 is 0 Å². The van der Waals surface area contributed by atoms with E-state index in [1.165, 1.54) is 83.8 Å². The standard InChI is InChI=1S/C80H72B2N4O2/c1-10-52-30-44-64-70(48-52)84(67-26-19-27-68-74(67)82(64)77-75(61-22-14-17-29-71(61)87-77)85(68)59-38-31-53(32-39-59)50(2)3)58-40-33-54(34-41-58)51(4)46-47-80(8,9)55-35-42-60(43-36-55)86-69-28-18-25-66-73(69)81(63-23-15-16-24-65(63)83(66)57-20-12-11-13-21-57)78-76(86)62-49-56(79(5,6)7)37-45-72(62)88-78/h11-45,48-51H,10,46-47H2,1-9H3. The summed E-state index contributed by atoms with van der Waals surface area (Å²) in [5.74, 6) is 0.789. The van der Waals surface area contributed by atoms with Gasteiger partial charge in [-0.05, 0) is 201 Å². The van der Waals surface area contributed by atoms with Crippen molar-refractivity contribution < 1.29 is 8.83 Å². The fraction of sp³-hybridized carbons (Fsp3) is 0.200. The molecule has 6 heterocycles. The van der Waals surface area contributed by atoms with Crippen LogP contribution in [-0.2, 0) is 17.3 Å². The predicted octanol–water partition coefficient (Wildman–Crippen LogP) is 18.2. The number of para-hydroxylation sites is 3. The van der Waals surface area contributed by atoms with E-state index in [4.69, 9.17) is 8.83 Å². The highest BCUT2D eigenvalue weighted by Gasteiger charge is 2.48. The molecular formula is C80H72B2N4O2. The molecule has 0 saturated carbocycles. The van der Waals surface area contributed by atoms with Crippen LogP contribution >= 0.6 is 0 Å². The van der Waals surface area contributed by atoms with Gasteiger partial charge in [0.2, 0.25) is 0 Å². The highest BCUT2D eigenvalue weighted by Crippen LogP contribution is 2.50. The smallest absolute Gasteiger partial charge is 0.297 e. The van der Waals surface area contributed by atoms with Crippen LogP contribution in [-0.4, -0.2) is 13.4 Å². The van der Waals surface area contributed by atoms with Gasteiger partial charge in [-0.2, -0.15) is 0 Å². The van der Waals surface area contributed by atoms with Crippen LogP contribution in [0.1, 0.15) is 115 Å². The first-order valence-electron chi connectivity index (χ1n) is 31.9. The SMILES string of the molecule is CCc1ccc2c(c1)N(c1ccc(C(C)CCC(C)(C)c3ccc(N4c5cccc6c5B(c5ccccc5N6c5ccccc5)c5oc6ccc(C(C)(C)C)cc6c54)cc3)cc1)c1cccc3c1B2c1oc2ccccc2c1N3c1ccc(C(C)C)cc1. The summed E-state index contributed by atoms with van der Waals surface area (Å²) in [6, 6.07) is 84.0. The summed E-state index contributed by atoms with van der Waals surface area (Å²) in [7, 11) is 0. The number of nitrogens with zero attached hydrogens (tertiary/aromatic N) is 4. The van der Waals surface area contributed by atoms with Crippen molar-refractivity contribution in [2.24, 2.45) is 0 Å². The van der Waals surface area contributed by atoms with E-state index in [9.17, 15) is 0 Å². The molecule has 1 unspecified atom stereocenters. The molecule has 0 N–H and O–H groups in total. The minimum absolute atomic E-state index is 0.0365. The van der Waals surface area contributed by atoms with Crippen LogP contribution in [0.4, 0.5) is 68.2 Å². The number of hydrogen-bond donors (Lipinski definition) is 0. The molecule has 88 heavy (non-hydrogen) atoms. The molecule has 10 aromatic carbocycles. The zero-order valence-electron chi connectivity index (χ0n) is 51.9. The van der Waals surface area contributed by atoms with E-state index in [-0.39, 0.29) is 24.3 Å². The van der Waals surface area contributed by atoms with E-state index in [1.807, 2.05) is 0 Å². The summed E-state index contributed by atoms with van der Waals surface area (Å²) in [5.41, 5.74) is 29.3. The topological polar surface area (TPSA) is 39.2 Å². The van der Waals surface area contributed by atoms with Crippen molar-refractivity contribution in [3.63, 3.8) is 0 Å². The van der Waals surface area contributed by atoms with Gasteiger partial charge in [-0.3, -0.25) is 0 Å². The summed E-state index contributed by atoms with van der Waals surface area (Å²) in [5, 5.41) is 2.27. The molecule has 1 atom stereocenters. The van der Waals surface area contributed by atoms with Crippen molar-refractivity contribution in [3.05, 3.63) is 252 Å². The van der Waals surface area contributed by atoms with E-state index >= 15 is 0 Å². The van der Waals surface area contributed by atoms with Gasteiger partial charge < -0.3 is 28.4 Å². The first kappa shape index (κ1) is 54.0. The molecule has 6 nitrogen and oxygen atoms in total. The summed E-state index contributed by atoms with van der Waals surface area (Å²) < 4.78 is 14.3. The van der Waals surface area contributed by atoms with Crippen LogP contribution in [0.3, 0.4) is 0 Å². The molecule has 12 aromatic rings. The summed E-state index contributed by atoms with van der Waals surface area (Å²) in [4.78, 5) is 9.91. The Balaban J connectivity index is 0.714. The lowest BCUT2D eigenvalue weighted by molar-refractivity contribution is 0.439. The number of furan rings is 2. The fourth-order valence-corrected chi connectivity index (χ4v) is 15.0. The van der Waals surface area contributed by atoms with E-state index in [2.05, 4.69) is 306 Å². The second-order valence-electron chi connectivity index (χ2n) is 27.1. The van der Waals surface area contributed by atoms with Crippen LogP contribution in [0.2, 0.25) is 0 Å². The molecule has 4 aliphatic rings. The second kappa shape index (κ2) is 20.4. The molecule has 4 aliphatic heterocycles. The molecule has 2 aromatic heterocycles. The molecule has 0 fully saturated rings. The van der Waals surface area contributed by atoms with Gasteiger partial charge in [0.15, 0.2) is 0 Å². The maximum Gasteiger partial charge on any atom is 0.297 e. The fourth-order valence-electron chi connectivity index (χ4n) is 15.0. The Bertz CT molecular complexity index is 4710. The maximum absolute atomic E-state index is 7.19. The zero-order valence-corrected chi connectivity index (χ0v) is 51.9. The number of aryl methyl sites for hydroxylation is 1. The second-order valence-corrected chi connectivity index (χ2v) is 27.1. The van der Waals surface area contributed by atoms with E-state index in [1.54, 1.807) is 0 Å². The normalized spacial score (nSPS) is 14.2. The third kappa shape index (κ3) is 8.38. The monoisotopic (exact) mass is 1140 g/mol. The van der Waals surface area contributed by atoms with Gasteiger partial charge in [0.1, 0.15) is 11.2 Å². The predicted molar refractivity (Wildman–Crippen MR) is 373 cm³/mol. The molecule has 0 saturated heterocycles. The van der Waals surface area contributed by atoms with Crippen molar-refractivity contribution in [2.75, 3.05) is 19.6 Å². The minimum atomic E-state index is -0.0821. The number of hydrogen-bond acceptors (Lipinski definition) is 6. The highest BCUT2D eigenvalue weighted by molar-refractivity contribution is 7.00. The first-order valence-corrected chi connectivity index (χ1v) is 31.9. The van der Waals surface area contributed by atoms with Gasteiger partial charge in [-0.1, -0.05) is 178 Å². The summed E-state index contributed by atoms with van der Waals surface area (Å²) in [6.07, 6.45) is 3.03. The van der Waals surface area contributed by atoms with Gasteiger partial charge in [0, 0.05) is 67.6 Å². The Kier molecular flexibility index (Phi) is 12.5. The van der Waals surface area contributed by atoms with Crippen molar-refractivity contribution >= 4 is 137 Å². The molecule has 8 heteroatoms. The summed E-state index contributed by atoms with van der Waals surface area (Å²) in [6.45, 7) is 20.8. The lowest BCUT2D eigenvalue weighted by Crippen LogP contribution is -2.61. The van der Waals surface area contributed by atoms with E-state index in [0.717, 1.165) is 86.6 Å². The molecule has 0 amide bonds. The molecular weight excluding hydrogens is 1070 g/mol. The molecule has 0 radical (unpaired) electrons. The average molecular weight is 1140 g/mol. The Morgan fingerprint density at radius 2 is 0.898 bits per heavy atom. The third-order valence-corrected chi connectivity index (χ3v) is 20.0. The third-order valence-electron chi connectivity index (χ3n) is 20.0. The number of anilines is 12. The molecule has 0 aliphatic carbocycles. The van der Waals surface area contributed by atoms with Crippen LogP contribution in [0.15, 0.2) is 233 Å². The maximum atomic E-state index is 7.19. The Morgan fingerprint density at radius 3 is 1.52 bits per heavy atom. The van der Waals surface area contributed by atoms with Crippen LogP contribution in [0, 0.1) is 0 Å². The molecule has 0 bridgehead atoms. The first-order chi connectivity index (χ1) is 42.7. The summed E-state index contributed by atoms with van der Waals surface area (Å²) >= 11 is 0. The van der Waals surface area contributed by atoms with Crippen molar-refractivity contribution in [2.45, 2.75) is 104 Å². The van der Waals surface area contributed by atoms with Crippen molar-refractivity contribution in [1.29, 1.82) is 0 Å². The quantitative estimate of drug-likeness (QED) is 0.120. The Hall–Kier alpha value is -9.39. The highest BCUT2D eigenvalue weighted by atomic mass is 16.3. The van der Waals surface area contributed by atoms with Gasteiger partial charge in [-0.25, -0.2) is 0 Å². The Labute approximate surface area is 518 Å².